The smallest absolute Gasteiger partial charge is 0.248 e. The summed E-state index contributed by atoms with van der Waals surface area (Å²) in [6.45, 7) is 0. The van der Waals surface area contributed by atoms with Gasteiger partial charge in [-0.25, -0.2) is 0 Å². The number of likely N-dealkylation sites (tertiary alicyclic amines) is 1. The molecular weight excluding hydrogens is 326 g/mol. The lowest BCUT2D eigenvalue weighted by Gasteiger charge is -2.23. The topological polar surface area (TPSA) is 92.5 Å². The molecule has 3 amide bonds. The number of rotatable bonds is 4. The number of nitrogens with one attached hydrogen (secondary N) is 1. The summed E-state index contributed by atoms with van der Waals surface area (Å²) in [6, 6.07) is 10.0. The maximum Gasteiger partial charge on any atom is 0.248 e. The van der Waals surface area contributed by atoms with Crippen LogP contribution < -0.4 is 11.1 Å². The van der Waals surface area contributed by atoms with E-state index in [4.69, 9.17) is 5.73 Å². The third-order valence-electron chi connectivity index (χ3n) is 4.17. The highest BCUT2D eigenvalue weighted by Crippen LogP contribution is 2.39. The van der Waals surface area contributed by atoms with Crippen LogP contribution >= 0.6 is 11.3 Å². The zero-order valence-electron chi connectivity index (χ0n) is 13.1. The molecule has 7 heteroatoms. The molecule has 6 nitrogen and oxygen atoms in total. The van der Waals surface area contributed by atoms with E-state index in [1.165, 1.54) is 17.4 Å². The fourth-order valence-electron chi connectivity index (χ4n) is 2.94. The zero-order chi connectivity index (χ0) is 17.3. The number of primary amides is 1. The summed E-state index contributed by atoms with van der Waals surface area (Å²) in [4.78, 5) is 38.6. The number of carbonyl (C=O) groups is 3. The van der Waals surface area contributed by atoms with E-state index in [1.54, 1.807) is 30.1 Å². The van der Waals surface area contributed by atoms with Crippen LogP contribution in [-0.2, 0) is 9.59 Å². The lowest BCUT2D eigenvalue weighted by atomic mass is 9.97. The molecule has 1 fully saturated rings. The molecule has 3 N–H and O–H groups in total. The van der Waals surface area contributed by atoms with Crippen LogP contribution in [0.4, 0.5) is 5.69 Å². The highest BCUT2D eigenvalue weighted by Gasteiger charge is 2.43. The highest BCUT2D eigenvalue weighted by molar-refractivity contribution is 7.10. The minimum absolute atomic E-state index is 0.0561. The van der Waals surface area contributed by atoms with E-state index >= 15 is 0 Å². The Kier molecular flexibility index (Phi) is 4.35. The third kappa shape index (κ3) is 3.03. The second kappa shape index (κ2) is 6.45. The van der Waals surface area contributed by atoms with E-state index in [1.807, 2.05) is 17.5 Å². The molecule has 1 aromatic heterocycles. The highest BCUT2D eigenvalue weighted by atomic mass is 32.1. The summed E-state index contributed by atoms with van der Waals surface area (Å²) in [5.74, 6) is -1.33. The predicted molar refractivity (Wildman–Crippen MR) is 91.5 cm³/mol. The van der Waals surface area contributed by atoms with Crippen molar-refractivity contribution in [2.24, 2.45) is 11.7 Å². The van der Waals surface area contributed by atoms with Crippen molar-refractivity contribution in [3.05, 3.63) is 52.2 Å². The molecule has 24 heavy (non-hydrogen) atoms. The van der Waals surface area contributed by atoms with Gasteiger partial charge >= 0.3 is 0 Å². The normalized spacial score (nSPS) is 20.2. The second-order valence-electron chi connectivity index (χ2n) is 5.71. The average molecular weight is 343 g/mol. The first-order valence-electron chi connectivity index (χ1n) is 7.47. The summed E-state index contributed by atoms with van der Waals surface area (Å²) in [5, 5.41) is 4.72. The van der Waals surface area contributed by atoms with Gasteiger partial charge < -0.3 is 16.0 Å². The summed E-state index contributed by atoms with van der Waals surface area (Å²) >= 11 is 1.52. The van der Waals surface area contributed by atoms with E-state index in [2.05, 4.69) is 5.32 Å². The van der Waals surface area contributed by atoms with Crippen molar-refractivity contribution in [2.75, 3.05) is 12.4 Å². The standard InChI is InChI=1S/C17H17N3O3S/c1-20-14(21)9-12(15(20)13-6-3-7-24-13)17(23)19-11-5-2-4-10(8-11)16(18)22/h2-8,12,15H,9H2,1H3,(H2,18,22)(H,19,23). The van der Waals surface area contributed by atoms with Gasteiger partial charge in [0.25, 0.3) is 0 Å². The summed E-state index contributed by atoms with van der Waals surface area (Å²) in [7, 11) is 1.72. The van der Waals surface area contributed by atoms with Gasteiger partial charge in [0.1, 0.15) is 0 Å². The molecule has 3 rings (SSSR count). The fraction of sp³-hybridized carbons (Fsp3) is 0.235. The molecule has 0 spiro atoms. The van der Waals surface area contributed by atoms with Gasteiger partial charge in [0.05, 0.1) is 12.0 Å². The van der Waals surface area contributed by atoms with Gasteiger partial charge in [0.15, 0.2) is 0 Å². The molecule has 0 radical (unpaired) electrons. The van der Waals surface area contributed by atoms with Gasteiger partial charge in [-0.15, -0.1) is 11.3 Å². The van der Waals surface area contributed by atoms with Crippen molar-refractivity contribution in [3.8, 4) is 0 Å². The van der Waals surface area contributed by atoms with Crippen molar-refractivity contribution in [3.63, 3.8) is 0 Å². The summed E-state index contributed by atoms with van der Waals surface area (Å²) < 4.78 is 0. The number of amides is 3. The van der Waals surface area contributed by atoms with Gasteiger partial charge in [0, 0.05) is 29.6 Å². The van der Waals surface area contributed by atoms with Crippen molar-refractivity contribution in [1.29, 1.82) is 0 Å². The van der Waals surface area contributed by atoms with Crippen LogP contribution in [0, 0.1) is 5.92 Å². The maximum atomic E-state index is 12.7. The van der Waals surface area contributed by atoms with Crippen LogP contribution in [0.3, 0.4) is 0 Å². The molecule has 0 aliphatic carbocycles. The fourth-order valence-corrected chi connectivity index (χ4v) is 3.87. The van der Waals surface area contributed by atoms with Crippen molar-refractivity contribution in [1.82, 2.24) is 4.90 Å². The van der Waals surface area contributed by atoms with E-state index in [0.29, 0.717) is 11.3 Å². The first-order chi connectivity index (χ1) is 11.5. The minimum atomic E-state index is -0.557. The lowest BCUT2D eigenvalue weighted by Crippen LogP contribution is -2.29. The molecule has 2 aromatic rings. The van der Waals surface area contributed by atoms with E-state index in [9.17, 15) is 14.4 Å². The van der Waals surface area contributed by atoms with E-state index < -0.39 is 11.8 Å². The first kappa shape index (κ1) is 16.2. The predicted octanol–water partition coefficient (Wildman–Crippen LogP) is 2.01. The minimum Gasteiger partial charge on any atom is -0.366 e. The van der Waals surface area contributed by atoms with E-state index in [-0.39, 0.29) is 24.3 Å². The Labute approximate surface area is 143 Å². The second-order valence-corrected chi connectivity index (χ2v) is 6.69. The molecule has 1 aromatic carbocycles. The lowest BCUT2D eigenvalue weighted by molar-refractivity contribution is -0.127. The van der Waals surface area contributed by atoms with Crippen molar-refractivity contribution in [2.45, 2.75) is 12.5 Å². The summed E-state index contributed by atoms with van der Waals surface area (Å²) in [5.41, 5.74) is 6.07. The molecule has 0 bridgehead atoms. The van der Waals surface area contributed by atoms with Crippen LogP contribution in [0.15, 0.2) is 41.8 Å². The van der Waals surface area contributed by atoms with Crippen molar-refractivity contribution < 1.29 is 14.4 Å². The number of anilines is 1. The Bertz CT molecular complexity index is 788. The molecule has 1 aliphatic heterocycles. The van der Waals surface area contributed by atoms with Gasteiger partial charge in [-0.1, -0.05) is 12.1 Å². The first-order valence-corrected chi connectivity index (χ1v) is 8.35. The number of nitrogens with two attached hydrogens (primary N) is 1. The van der Waals surface area contributed by atoms with Crippen LogP contribution in [0.1, 0.15) is 27.7 Å². The molecule has 2 atom stereocenters. The number of carbonyl (C=O) groups excluding carboxylic acids is 3. The van der Waals surface area contributed by atoms with Gasteiger partial charge in [-0.2, -0.15) is 0 Å². The third-order valence-corrected chi connectivity index (χ3v) is 5.12. The molecule has 2 unspecified atom stereocenters. The molecule has 1 saturated heterocycles. The number of hydrogen-bond donors (Lipinski definition) is 2. The van der Waals surface area contributed by atoms with Crippen LogP contribution in [0.2, 0.25) is 0 Å². The van der Waals surface area contributed by atoms with Crippen LogP contribution in [-0.4, -0.2) is 29.7 Å². The van der Waals surface area contributed by atoms with Crippen molar-refractivity contribution >= 4 is 34.7 Å². The largest absolute Gasteiger partial charge is 0.366 e. The monoisotopic (exact) mass is 343 g/mol. The number of thiophene rings is 1. The molecule has 124 valence electrons. The quantitative estimate of drug-likeness (QED) is 0.889. The van der Waals surface area contributed by atoms with Crippen LogP contribution in [0.25, 0.3) is 0 Å². The molecule has 2 heterocycles. The Balaban J connectivity index is 1.82. The maximum absolute atomic E-state index is 12.7. The van der Waals surface area contributed by atoms with Crippen LogP contribution in [0.5, 0.6) is 0 Å². The number of nitrogens with zero attached hydrogens (tertiary/aromatic N) is 1. The molecule has 0 saturated carbocycles. The van der Waals surface area contributed by atoms with Gasteiger partial charge in [-0.05, 0) is 29.6 Å². The molecule has 1 aliphatic rings. The van der Waals surface area contributed by atoms with E-state index in [0.717, 1.165) is 4.88 Å². The summed E-state index contributed by atoms with van der Waals surface area (Å²) in [6.07, 6.45) is 0.167. The number of hydrogen-bond acceptors (Lipinski definition) is 4. The molecular formula is C17H17N3O3S. The Hall–Kier alpha value is -2.67. The SMILES string of the molecule is CN1C(=O)CC(C(=O)Nc2cccc(C(N)=O)c2)C1c1cccs1. The Morgan fingerprint density at radius 1 is 1.29 bits per heavy atom. The Morgan fingerprint density at radius 2 is 2.08 bits per heavy atom. The van der Waals surface area contributed by atoms with Gasteiger partial charge in [0.2, 0.25) is 17.7 Å². The zero-order valence-corrected chi connectivity index (χ0v) is 13.9. The Morgan fingerprint density at radius 3 is 2.75 bits per heavy atom. The van der Waals surface area contributed by atoms with Gasteiger partial charge in [-0.3, -0.25) is 14.4 Å². The average Bonchev–Trinajstić information content (AvgIpc) is 3.16. The number of benzene rings is 1.